The monoisotopic (exact) mass is 341 g/mol. The van der Waals surface area contributed by atoms with E-state index < -0.39 is 0 Å². The second-order valence-electron chi connectivity index (χ2n) is 5.38. The number of nitro benzene ring substituents is 1. The van der Waals surface area contributed by atoms with Crippen LogP contribution >= 0.6 is 15.9 Å². The van der Waals surface area contributed by atoms with Gasteiger partial charge in [-0.25, -0.2) is 0 Å². The molecule has 1 saturated carbocycles. The van der Waals surface area contributed by atoms with Crippen LogP contribution in [0.1, 0.15) is 25.3 Å². The SMILES string of the molecule is CC(CNCc1cccc([N+](=O)[O-])c1Br)N(C)C1CC1. The minimum atomic E-state index is -0.364. The molecule has 20 heavy (non-hydrogen) atoms. The molecule has 110 valence electrons. The van der Waals surface area contributed by atoms with Gasteiger partial charge in [0.1, 0.15) is 0 Å². The molecule has 1 aliphatic rings. The molecule has 2 rings (SSSR count). The van der Waals surface area contributed by atoms with Gasteiger partial charge in [0, 0.05) is 31.2 Å². The Morgan fingerprint density at radius 2 is 2.25 bits per heavy atom. The Morgan fingerprint density at radius 3 is 2.85 bits per heavy atom. The normalized spacial score (nSPS) is 16.4. The lowest BCUT2D eigenvalue weighted by Gasteiger charge is -2.24. The lowest BCUT2D eigenvalue weighted by molar-refractivity contribution is -0.385. The van der Waals surface area contributed by atoms with Crippen LogP contribution in [0.4, 0.5) is 5.69 Å². The second kappa shape index (κ2) is 6.65. The molecule has 1 fully saturated rings. The molecular formula is C14H20BrN3O2. The van der Waals surface area contributed by atoms with Crippen molar-refractivity contribution in [2.24, 2.45) is 0 Å². The fourth-order valence-corrected chi connectivity index (χ4v) is 2.79. The smallest absolute Gasteiger partial charge is 0.283 e. The van der Waals surface area contributed by atoms with Gasteiger partial charge in [0.25, 0.3) is 5.69 Å². The first-order valence-electron chi connectivity index (χ1n) is 6.85. The quantitative estimate of drug-likeness (QED) is 0.611. The van der Waals surface area contributed by atoms with E-state index in [0.29, 0.717) is 17.1 Å². The third-order valence-corrected chi connectivity index (χ3v) is 4.74. The molecule has 0 amide bonds. The van der Waals surface area contributed by atoms with Gasteiger partial charge in [-0.1, -0.05) is 12.1 Å². The zero-order chi connectivity index (χ0) is 14.7. The van der Waals surface area contributed by atoms with E-state index in [1.165, 1.54) is 18.9 Å². The number of likely N-dealkylation sites (N-methyl/N-ethyl adjacent to an activating group) is 1. The Balaban J connectivity index is 1.87. The molecule has 0 saturated heterocycles. The van der Waals surface area contributed by atoms with Gasteiger partial charge in [-0.15, -0.1) is 0 Å². The molecule has 1 aliphatic carbocycles. The van der Waals surface area contributed by atoms with Crippen molar-refractivity contribution in [2.75, 3.05) is 13.6 Å². The highest BCUT2D eigenvalue weighted by Gasteiger charge is 2.28. The minimum absolute atomic E-state index is 0.118. The summed E-state index contributed by atoms with van der Waals surface area (Å²) < 4.78 is 0.570. The van der Waals surface area contributed by atoms with Gasteiger partial charge in [-0.05, 0) is 48.3 Å². The van der Waals surface area contributed by atoms with E-state index in [1.807, 2.05) is 6.07 Å². The van der Waals surface area contributed by atoms with Gasteiger partial charge in [0.05, 0.1) is 9.40 Å². The minimum Gasteiger partial charge on any atom is -0.311 e. The molecule has 6 heteroatoms. The van der Waals surface area contributed by atoms with Crippen LogP contribution in [0.5, 0.6) is 0 Å². The Bertz CT molecular complexity index is 491. The number of rotatable bonds is 7. The van der Waals surface area contributed by atoms with Crippen molar-refractivity contribution in [1.82, 2.24) is 10.2 Å². The van der Waals surface area contributed by atoms with E-state index in [9.17, 15) is 10.1 Å². The van der Waals surface area contributed by atoms with Gasteiger partial charge >= 0.3 is 0 Å². The molecule has 0 radical (unpaired) electrons. The van der Waals surface area contributed by atoms with Crippen LogP contribution in [-0.4, -0.2) is 35.5 Å². The maximum atomic E-state index is 10.9. The fourth-order valence-electron chi connectivity index (χ4n) is 2.25. The third kappa shape index (κ3) is 3.77. The molecule has 0 aromatic heterocycles. The summed E-state index contributed by atoms with van der Waals surface area (Å²) in [4.78, 5) is 12.9. The van der Waals surface area contributed by atoms with Crippen molar-refractivity contribution in [3.63, 3.8) is 0 Å². The van der Waals surface area contributed by atoms with Gasteiger partial charge in [-0.2, -0.15) is 0 Å². The summed E-state index contributed by atoms with van der Waals surface area (Å²) in [5, 5.41) is 14.3. The van der Waals surface area contributed by atoms with Crippen LogP contribution in [-0.2, 0) is 6.54 Å². The predicted molar refractivity (Wildman–Crippen MR) is 82.8 cm³/mol. The summed E-state index contributed by atoms with van der Waals surface area (Å²) in [7, 11) is 2.16. The van der Waals surface area contributed by atoms with E-state index in [1.54, 1.807) is 6.07 Å². The van der Waals surface area contributed by atoms with Crippen molar-refractivity contribution in [3.8, 4) is 0 Å². The molecule has 0 bridgehead atoms. The lowest BCUT2D eigenvalue weighted by atomic mass is 10.2. The molecule has 1 N–H and O–H groups in total. The Labute approximate surface area is 127 Å². The van der Waals surface area contributed by atoms with Crippen molar-refractivity contribution < 1.29 is 4.92 Å². The summed E-state index contributed by atoms with van der Waals surface area (Å²) in [6.45, 7) is 3.71. The first-order chi connectivity index (χ1) is 9.50. The Morgan fingerprint density at radius 1 is 1.55 bits per heavy atom. The van der Waals surface area contributed by atoms with Gasteiger partial charge in [0.2, 0.25) is 0 Å². The summed E-state index contributed by atoms with van der Waals surface area (Å²) in [5.74, 6) is 0. The molecular weight excluding hydrogens is 322 g/mol. The molecule has 5 nitrogen and oxygen atoms in total. The van der Waals surface area contributed by atoms with Gasteiger partial charge in [0.15, 0.2) is 0 Å². The topological polar surface area (TPSA) is 58.4 Å². The lowest BCUT2D eigenvalue weighted by Crippen LogP contribution is -2.38. The number of nitrogens with one attached hydrogen (secondary N) is 1. The average Bonchev–Trinajstić information content (AvgIpc) is 3.23. The van der Waals surface area contributed by atoms with Crippen LogP contribution in [0.3, 0.4) is 0 Å². The average molecular weight is 342 g/mol. The summed E-state index contributed by atoms with van der Waals surface area (Å²) in [6, 6.07) is 6.35. The summed E-state index contributed by atoms with van der Waals surface area (Å²) in [6.07, 6.45) is 2.61. The molecule has 1 aromatic rings. The van der Waals surface area contributed by atoms with Crippen LogP contribution in [0.2, 0.25) is 0 Å². The zero-order valence-electron chi connectivity index (χ0n) is 11.8. The van der Waals surface area contributed by atoms with Crippen molar-refractivity contribution in [1.29, 1.82) is 0 Å². The Hall–Kier alpha value is -0.980. The van der Waals surface area contributed by atoms with Crippen LogP contribution in [0.25, 0.3) is 0 Å². The van der Waals surface area contributed by atoms with E-state index in [-0.39, 0.29) is 10.6 Å². The second-order valence-corrected chi connectivity index (χ2v) is 6.18. The van der Waals surface area contributed by atoms with E-state index in [0.717, 1.165) is 18.2 Å². The molecule has 1 atom stereocenters. The molecule has 1 unspecified atom stereocenters. The van der Waals surface area contributed by atoms with Gasteiger partial charge < -0.3 is 5.32 Å². The first-order valence-corrected chi connectivity index (χ1v) is 7.64. The van der Waals surface area contributed by atoms with E-state index in [2.05, 4.69) is 40.1 Å². The van der Waals surface area contributed by atoms with Crippen molar-refractivity contribution in [2.45, 2.75) is 38.4 Å². The summed E-state index contributed by atoms with van der Waals surface area (Å²) >= 11 is 3.32. The predicted octanol–water partition coefficient (Wildman–Crippen LogP) is 2.93. The largest absolute Gasteiger partial charge is 0.311 e. The maximum absolute atomic E-state index is 10.9. The maximum Gasteiger partial charge on any atom is 0.283 e. The number of halogens is 1. The molecule has 1 aromatic carbocycles. The van der Waals surface area contributed by atoms with E-state index >= 15 is 0 Å². The van der Waals surface area contributed by atoms with Gasteiger partial charge in [-0.3, -0.25) is 15.0 Å². The van der Waals surface area contributed by atoms with Crippen LogP contribution in [0, 0.1) is 10.1 Å². The number of benzene rings is 1. The van der Waals surface area contributed by atoms with Crippen molar-refractivity contribution >= 4 is 21.6 Å². The molecule has 0 heterocycles. The standard InChI is InChI=1S/C14H20BrN3O2/c1-10(17(2)12-6-7-12)8-16-9-11-4-3-5-13(14(11)15)18(19)20/h3-5,10,12,16H,6-9H2,1-2H3. The highest BCUT2D eigenvalue weighted by atomic mass is 79.9. The third-order valence-electron chi connectivity index (χ3n) is 3.83. The summed E-state index contributed by atoms with van der Waals surface area (Å²) in [5.41, 5.74) is 1.04. The number of nitrogens with zero attached hydrogens (tertiary/aromatic N) is 2. The van der Waals surface area contributed by atoms with Crippen LogP contribution < -0.4 is 5.32 Å². The highest BCUT2D eigenvalue weighted by molar-refractivity contribution is 9.10. The number of hydrogen-bond acceptors (Lipinski definition) is 4. The van der Waals surface area contributed by atoms with Crippen molar-refractivity contribution in [3.05, 3.63) is 38.3 Å². The number of nitro groups is 1. The molecule has 0 aliphatic heterocycles. The number of hydrogen-bond donors (Lipinski definition) is 1. The van der Waals surface area contributed by atoms with Crippen LogP contribution in [0.15, 0.2) is 22.7 Å². The Kier molecular flexibility index (Phi) is 5.12. The highest BCUT2D eigenvalue weighted by Crippen LogP contribution is 2.28. The molecule has 0 spiro atoms. The fraction of sp³-hybridized carbons (Fsp3) is 0.571. The van der Waals surface area contributed by atoms with E-state index in [4.69, 9.17) is 0 Å². The zero-order valence-corrected chi connectivity index (χ0v) is 13.4. The first kappa shape index (κ1) is 15.4.